The van der Waals surface area contributed by atoms with E-state index < -0.39 is 5.97 Å². The molecule has 1 aliphatic heterocycles. The third-order valence-corrected chi connectivity index (χ3v) is 3.68. The third-order valence-electron chi connectivity index (χ3n) is 3.44. The van der Waals surface area contributed by atoms with Crippen LogP contribution >= 0.6 is 11.6 Å². The van der Waals surface area contributed by atoms with Crippen molar-refractivity contribution in [2.45, 2.75) is 0 Å². The van der Waals surface area contributed by atoms with Crippen molar-refractivity contribution < 1.29 is 9.53 Å². The fraction of sp³-hybridized carbons (Fsp3) is 0. The van der Waals surface area contributed by atoms with Crippen LogP contribution in [-0.2, 0) is 9.53 Å². The Morgan fingerprint density at radius 3 is 2.71 bits per heavy atom. The maximum atomic E-state index is 12.0. The molecule has 0 saturated heterocycles. The van der Waals surface area contributed by atoms with Gasteiger partial charge in [-0.1, -0.05) is 29.8 Å². The van der Waals surface area contributed by atoms with E-state index in [1.807, 2.05) is 24.3 Å². The molecule has 6 heteroatoms. The Labute approximate surface area is 142 Å². The lowest BCUT2D eigenvalue weighted by atomic mass is 10.2. The number of fused-ring (bicyclic) bond motifs is 1. The molecule has 0 N–H and O–H groups in total. The molecule has 0 atom stereocenters. The molecule has 1 aliphatic rings. The fourth-order valence-electron chi connectivity index (χ4n) is 2.34. The topological polar surface area (TPSA) is 64.4 Å². The molecule has 4 rings (SSSR count). The molecule has 5 nitrogen and oxygen atoms in total. The average Bonchev–Trinajstić information content (AvgIpc) is 2.96. The van der Waals surface area contributed by atoms with E-state index in [2.05, 4.69) is 15.0 Å². The lowest BCUT2D eigenvalue weighted by molar-refractivity contribution is -0.129. The number of nitrogens with zero attached hydrogens (tertiary/aromatic N) is 3. The maximum absolute atomic E-state index is 12.0. The van der Waals surface area contributed by atoms with Crippen LogP contribution in [-0.4, -0.2) is 21.8 Å². The molecule has 0 saturated carbocycles. The predicted molar refractivity (Wildman–Crippen MR) is 91.6 cm³/mol. The Balaban J connectivity index is 1.71. The van der Waals surface area contributed by atoms with Crippen molar-refractivity contribution >= 4 is 40.6 Å². The van der Waals surface area contributed by atoms with E-state index in [1.54, 1.807) is 36.5 Å². The number of rotatable bonds is 2. The summed E-state index contributed by atoms with van der Waals surface area (Å²) in [5, 5.41) is 0.545. The van der Waals surface area contributed by atoms with Crippen LogP contribution in [0.2, 0.25) is 5.02 Å². The molecule has 3 aromatic rings. The van der Waals surface area contributed by atoms with Crippen molar-refractivity contribution in [1.29, 1.82) is 0 Å². The summed E-state index contributed by atoms with van der Waals surface area (Å²) in [4.78, 5) is 25.0. The van der Waals surface area contributed by atoms with Gasteiger partial charge in [0.05, 0.1) is 22.9 Å². The van der Waals surface area contributed by atoms with E-state index in [4.69, 9.17) is 16.3 Å². The third kappa shape index (κ3) is 2.77. The summed E-state index contributed by atoms with van der Waals surface area (Å²) < 4.78 is 5.21. The molecule has 116 valence electrons. The number of benzene rings is 2. The quantitative estimate of drug-likeness (QED) is 0.530. The Morgan fingerprint density at radius 2 is 1.88 bits per heavy atom. The number of ether oxygens (including phenoxy) is 1. The van der Waals surface area contributed by atoms with E-state index in [0.29, 0.717) is 16.3 Å². The highest BCUT2D eigenvalue weighted by Crippen LogP contribution is 2.20. The minimum atomic E-state index is -0.528. The van der Waals surface area contributed by atoms with E-state index in [-0.39, 0.29) is 11.6 Å². The number of aliphatic imine (C=N–C) groups is 1. The van der Waals surface area contributed by atoms with E-state index in [1.165, 1.54) is 0 Å². The highest BCUT2D eigenvalue weighted by Gasteiger charge is 2.24. The van der Waals surface area contributed by atoms with Gasteiger partial charge in [0.15, 0.2) is 5.70 Å². The first-order valence-corrected chi connectivity index (χ1v) is 7.57. The number of esters is 1. The van der Waals surface area contributed by atoms with Crippen LogP contribution in [0.15, 0.2) is 65.4 Å². The molecule has 0 radical (unpaired) electrons. The molecular formula is C18H10ClN3O2. The first-order valence-electron chi connectivity index (χ1n) is 7.19. The van der Waals surface area contributed by atoms with Gasteiger partial charge in [-0.25, -0.2) is 14.8 Å². The first kappa shape index (κ1) is 14.5. The van der Waals surface area contributed by atoms with E-state index in [9.17, 15) is 4.79 Å². The second kappa shape index (κ2) is 5.86. The standard InChI is InChI=1S/C18H10ClN3O2/c19-12-5-3-4-11(8-12)17-22-16(18(23)24-17)9-13-10-20-14-6-1-2-7-15(14)21-13/h1-10H/b16-9-. The van der Waals surface area contributed by atoms with Gasteiger partial charge in [0.1, 0.15) is 0 Å². The smallest absolute Gasteiger partial charge is 0.363 e. The number of hydrogen-bond donors (Lipinski definition) is 0. The lowest BCUT2D eigenvalue weighted by Gasteiger charge is -1.99. The van der Waals surface area contributed by atoms with Gasteiger partial charge in [0.25, 0.3) is 0 Å². The normalized spacial score (nSPS) is 15.6. The minimum Gasteiger partial charge on any atom is -0.402 e. The minimum absolute atomic E-state index is 0.176. The van der Waals surface area contributed by atoms with Gasteiger partial charge in [-0.2, -0.15) is 0 Å². The molecular weight excluding hydrogens is 326 g/mol. The van der Waals surface area contributed by atoms with Crippen LogP contribution in [0, 0.1) is 0 Å². The maximum Gasteiger partial charge on any atom is 0.363 e. The van der Waals surface area contributed by atoms with Crippen molar-refractivity contribution in [2.75, 3.05) is 0 Å². The number of cyclic esters (lactones) is 1. The molecule has 0 amide bonds. The van der Waals surface area contributed by atoms with Crippen LogP contribution < -0.4 is 0 Å². The van der Waals surface area contributed by atoms with Crippen LogP contribution in [0.25, 0.3) is 17.1 Å². The number of aromatic nitrogens is 2. The molecule has 2 heterocycles. The summed E-state index contributed by atoms with van der Waals surface area (Å²) in [5.41, 5.74) is 2.89. The average molecular weight is 336 g/mol. The molecule has 0 spiro atoms. The van der Waals surface area contributed by atoms with E-state index in [0.717, 1.165) is 11.0 Å². The Kier molecular flexibility index (Phi) is 3.55. The van der Waals surface area contributed by atoms with Crippen molar-refractivity contribution in [3.8, 4) is 0 Å². The summed E-state index contributed by atoms with van der Waals surface area (Å²) in [5.74, 6) is -0.303. The Morgan fingerprint density at radius 1 is 1.04 bits per heavy atom. The van der Waals surface area contributed by atoms with Crippen LogP contribution in [0.1, 0.15) is 11.3 Å². The predicted octanol–water partition coefficient (Wildman–Crippen LogP) is 3.63. The van der Waals surface area contributed by atoms with Gasteiger partial charge in [-0.3, -0.25) is 4.98 Å². The lowest BCUT2D eigenvalue weighted by Crippen LogP contribution is -2.05. The molecule has 0 unspecified atom stereocenters. The second-order valence-electron chi connectivity index (χ2n) is 5.13. The summed E-state index contributed by atoms with van der Waals surface area (Å²) in [6.45, 7) is 0. The van der Waals surface area contributed by atoms with Gasteiger partial charge in [0.2, 0.25) is 5.90 Å². The molecule has 0 aliphatic carbocycles. The van der Waals surface area contributed by atoms with Crippen LogP contribution in [0.5, 0.6) is 0 Å². The zero-order chi connectivity index (χ0) is 16.5. The number of halogens is 1. The number of carbonyl (C=O) groups excluding carboxylic acids is 1. The van der Waals surface area contributed by atoms with Crippen molar-refractivity contribution in [3.63, 3.8) is 0 Å². The number of hydrogen-bond acceptors (Lipinski definition) is 5. The van der Waals surface area contributed by atoms with Crippen molar-refractivity contribution in [2.24, 2.45) is 4.99 Å². The molecule has 0 fully saturated rings. The first-order chi connectivity index (χ1) is 11.7. The van der Waals surface area contributed by atoms with Crippen molar-refractivity contribution in [3.05, 3.63) is 76.7 Å². The van der Waals surface area contributed by atoms with Gasteiger partial charge in [-0.15, -0.1) is 0 Å². The largest absolute Gasteiger partial charge is 0.402 e. The van der Waals surface area contributed by atoms with E-state index >= 15 is 0 Å². The molecule has 1 aromatic heterocycles. The highest BCUT2D eigenvalue weighted by molar-refractivity contribution is 6.31. The zero-order valence-corrected chi connectivity index (χ0v) is 13.1. The summed E-state index contributed by atoms with van der Waals surface area (Å²) in [6.07, 6.45) is 3.15. The van der Waals surface area contributed by atoms with Gasteiger partial charge >= 0.3 is 5.97 Å². The van der Waals surface area contributed by atoms with Crippen molar-refractivity contribution in [1.82, 2.24) is 9.97 Å². The van der Waals surface area contributed by atoms with Gasteiger partial charge in [0, 0.05) is 10.6 Å². The summed E-state index contributed by atoms with van der Waals surface area (Å²) in [7, 11) is 0. The Hall–Kier alpha value is -3.05. The second-order valence-corrected chi connectivity index (χ2v) is 5.57. The SMILES string of the molecule is O=C1OC(c2cccc(Cl)c2)=N/C1=C\c1cnc2ccccc2n1. The van der Waals surface area contributed by atoms with Crippen LogP contribution in [0.4, 0.5) is 0 Å². The Bertz CT molecular complexity index is 1030. The monoisotopic (exact) mass is 335 g/mol. The van der Waals surface area contributed by atoms with Gasteiger partial charge < -0.3 is 4.74 Å². The number of para-hydroxylation sites is 2. The highest BCUT2D eigenvalue weighted by atomic mass is 35.5. The molecule has 24 heavy (non-hydrogen) atoms. The summed E-state index contributed by atoms with van der Waals surface area (Å²) >= 11 is 5.95. The molecule has 0 bridgehead atoms. The van der Waals surface area contributed by atoms with Gasteiger partial charge in [-0.05, 0) is 36.4 Å². The van der Waals surface area contributed by atoms with Crippen LogP contribution in [0.3, 0.4) is 0 Å². The summed E-state index contributed by atoms with van der Waals surface area (Å²) in [6, 6.07) is 14.5. The zero-order valence-electron chi connectivity index (χ0n) is 12.3. The fourth-order valence-corrected chi connectivity index (χ4v) is 2.53. The number of carbonyl (C=O) groups is 1. The molecule has 2 aromatic carbocycles.